The lowest BCUT2D eigenvalue weighted by Gasteiger charge is -2.22. The lowest BCUT2D eigenvalue weighted by atomic mass is 10.0. The fourth-order valence-electron chi connectivity index (χ4n) is 4.61. The number of carbonyl (C=O) groups is 1. The van der Waals surface area contributed by atoms with E-state index in [2.05, 4.69) is 19.9 Å². The Kier molecular flexibility index (Phi) is 5.61. The van der Waals surface area contributed by atoms with Gasteiger partial charge >= 0.3 is 0 Å². The van der Waals surface area contributed by atoms with Crippen molar-refractivity contribution in [1.82, 2.24) is 19.9 Å². The van der Waals surface area contributed by atoms with Crippen molar-refractivity contribution < 1.29 is 18.7 Å². The van der Waals surface area contributed by atoms with Crippen LogP contribution in [0, 0.1) is 24.6 Å². The minimum atomic E-state index is -0.349. The van der Waals surface area contributed by atoms with E-state index in [0.29, 0.717) is 58.8 Å². The molecule has 2 aliphatic rings. The Labute approximate surface area is 195 Å². The summed E-state index contributed by atoms with van der Waals surface area (Å²) in [6.45, 7) is 4.55. The average Bonchev–Trinajstić information content (AvgIpc) is 3.51. The highest BCUT2D eigenvalue weighted by Crippen LogP contribution is 2.37. The van der Waals surface area contributed by atoms with Crippen LogP contribution in [0.3, 0.4) is 0 Å². The maximum absolute atomic E-state index is 14.4. The van der Waals surface area contributed by atoms with Crippen molar-refractivity contribution in [2.24, 2.45) is 11.8 Å². The third kappa shape index (κ3) is 3.99. The number of halogens is 1. The number of carbonyl (C=O) groups excluding carboxylic acids is 1. The molecule has 2 aromatic heterocycles. The van der Waals surface area contributed by atoms with Crippen LogP contribution in [0.15, 0.2) is 30.3 Å². The molecule has 0 aliphatic carbocycles. The highest BCUT2D eigenvalue weighted by molar-refractivity contribution is 7.15. The summed E-state index contributed by atoms with van der Waals surface area (Å²) in [5.74, 6) is 1.57. The van der Waals surface area contributed by atoms with Gasteiger partial charge in [0.1, 0.15) is 11.5 Å². The zero-order valence-corrected chi connectivity index (χ0v) is 19.4. The second kappa shape index (κ2) is 8.58. The van der Waals surface area contributed by atoms with Crippen LogP contribution in [-0.2, 0) is 0 Å². The van der Waals surface area contributed by atoms with Crippen molar-refractivity contribution in [2.75, 3.05) is 45.3 Å². The van der Waals surface area contributed by atoms with Crippen LogP contribution in [0.25, 0.3) is 10.4 Å². The van der Waals surface area contributed by atoms with Gasteiger partial charge in [0.2, 0.25) is 17.7 Å². The standard InChI is InChI=1S/C23H24FN5O3S/c1-13-25-20(21(33-13)16-6-4-5-7-17(16)24)22(30)28-9-14-11-29(12-15(14)10-28)23-26-18(31-2)8-19(27-23)32-3/h4-8,14-15H,9-12H2,1-3H3/t14-,15-/m1/s1. The van der Waals surface area contributed by atoms with E-state index < -0.39 is 0 Å². The summed E-state index contributed by atoms with van der Waals surface area (Å²) in [5.41, 5.74) is 0.751. The largest absolute Gasteiger partial charge is 0.481 e. The molecule has 2 saturated heterocycles. The maximum atomic E-state index is 14.4. The Morgan fingerprint density at radius 1 is 1.03 bits per heavy atom. The lowest BCUT2D eigenvalue weighted by Crippen LogP contribution is -2.34. The smallest absolute Gasteiger partial charge is 0.274 e. The number of amides is 1. The van der Waals surface area contributed by atoms with Gasteiger partial charge in [-0.05, 0) is 13.0 Å². The Morgan fingerprint density at radius 2 is 1.67 bits per heavy atom. The minimum Gasteiger partial charge on any atom is -0.481 e. The normalized spacial score (nSPS) is 19.6. The second-order valence-corrected chi connectivity index (χ2v) is 9.48. The summed E-state index contributed by atoms with van der Waals surface area (Å²) in [7, 11) is 3.12. The Bertz CT molecular complexity index is 1170. The first-order valence-electron chi connectivity index (χ1n) is 10.7. The number of benzene rings is 1. The molecule has 4 heterocycles. The number of anilines is 1. The average molecular weight is 470 g/mol. The number of aryl methyl sites for hydroxylation is 1. The second-order valence-electron chi connectivity index (χ2n) is 8.28. The van der Waals surface area contributed by atoms with Gasteiger partial charge in [0, 0.05) is 43.6 Å². The van der Waals surface area contributed by atoms with Gasteiger partial charge in [0.25, 0.3) is 5.91 Å². The van der Waals surface area contributed by atoms with E-state index in [4.69, 9.17) is 9.47 Å². The van der Waals surface area contributed by atoms with E-state index in [9.17, 15) is 9.18 Å². The third-order valence-electron chi connectivity index (χ3n) is 6.20. The van der Waals surface area contributed by atoms with Crippen LogP contribution >= 0.6 is 11.3 Å². The van der Waals surface area contributed by atoms with Crippen molar-refractivity contribution in [3.05, 3.63) is 46.9 Å². The van der Waals surface area contributed by atoms with E-state index in [1.54, 1.807) is 38.5 Å². The van der Waals surface area contributed by atoms with Crippen LogP contribution < -0.4 is 14.4 Å². The fourth-order valence-corrected chi connectivity index (χ4v) is 5.55. The summed E-state index contributed by atoms with van der Waals surface area (Å²) in [5, 5.41) is 0.742. The van der Waals surface area contributed by atoms with Gasteiger partial charge in [-0.2, -0.15) is 9.97 Å². The highest BCUT2D eigenvalue weighted by atomic mass is 32.1. The molecule has 0 N–H and O–H groups in total. The number of aromatic nitrogens is 3. The lowest BCUT2D eigenvalue weighted by molar-refractivity contribution is 0.0778. The van der Waals surface area contributed by atoms with Gasteiger partial charge in [-0.25, -0.2) is 9.37 Å². The maximum Gasteiger partial charge on any atom is 0.274 e. The molecule has 1 amide bonds. The van der Waals surface area contributed by atoms with Crippen molar-refractivity contribution in [1.29, 1.82) is 0 Å². The molecule has 8 nitrogen and oxygen atoms in total. The van der Waals surface area contributed by atoms with E-state index >= 15 is 0 Å². The zero-order chi connectivity index (χ0) is 23.1. The molecule has 5 rings (SSSR count). The number of likely N-dealkylation sites (tertiary alicyclic amines) is 1. The van der Waals surface area contributed by atoms with Crippen LogP contribution in [0.4, 0.5) is 10.3 Å². The van der Waals surface area contributed by atoms with Gasteiger partial charge in [-0.3, -0.25) is 4.79 Å². The molecule has 0 radical (unpaired) electrons. The molecule has 3 aromatic rings. The van der Waals surface area contributed by atoms with Crippen molar-refractivity contribution in [3.8, 4) is 22.2 Å². The molecule has 1 aromatic carbocycles. The molecule has 2 aliphatic heterocycles. The van der Waals surface area contributed by atoms with Gasteiger partial charge in [0.15, 0.2) is 0 Å². The predicted octanol–water partition coefficient (Wildman–Crippen LogP) is 3.27. The molecule has 0 saturated carbocycles. The topological polar surface area (TPSA) is 80.7 Å². The van der Waals surface area contributed by atoms with Gasteiger partial charge in [0.05, 0.1) is 30.2 Å². The van der Waals surface area contributed by atoms with Crippen molar-refractivity contribution >= 4 is 23.2 Å². The monoisotopic (exact) mass is 469 g/mol. The zero-order valence-electron chi connectivity index (χ0n) is 18.6. The quantitative estimate of drug-likeness (QED) is 0.567. The van der Waals surface area contributed by atoms with E-state index in [0.717, 1.165) is 18.1 Å². The molecule has 2 fully saturated rings. The van der Waals surface area contributed by atoms with Crippen LogP contribution in [0.2, 0.25) is 0 Å². The molecule has 0 spiro atoms. The van der Waals surface area contributed by atoms with E-state index in [-0.39, 0.29) is 11.7 Å². The Hall–Kier alpha value is -3.27. The number of hydrogen-bond acceptors (Lipinski definition) is 8. The summed E-state index contributed by atoms with van der Waals surface area (Å²) >= 11 is 1.35. The number of fused-ring (bicyclic) bond motifs is 1. The molecule has 0 unspecified atom stereocenters. The molecule has 33 heavy (non-hydrogen) atoms. The predicted molar refractivity (Wildman–Crippen MR) is 122 cm³/mol. The molecular weight excluding hydrogens is 445 g/mol. The Balaban J connectivity index is 1.33. The van der Waals surface area contributed by atoms with Crippen LogP contribution in [0.5, 0.6) is 11.8 Å². The fraction of sp³-hybridized carbons (Fsp3) is 0.391. The van der Waals surface area contributed by atoms with Gasteiger partial charge in [-0.15, -0.1) is 11.3 Å². The first kappa shape index (κ1) is 21.6. The van der Waals surface area contributed by atoms with E-state index in [1.807, 2.05) is 11.8 Å². The molecule has 2 atom stereocenters. The van der Waals surface area contributed by atoms with Crippen molar-refractivity contribution in [2.45, 2.75) is 6.92 Å². The van der Waals surface area contributed by atoms with E-state index in [1.165, 1.54) is 17.4 Å². The van der Waals surface area contributed by atoms with Gasteiger partial charge in [-0.1, -0.05) is 18.2 Å². The molecule has 172 valence electrons. The number of rotatable bonds is 5. The number of hydrogen-bond donors (Lipinski definition) is 0. The summed E-state index contributed by atoms with van der Waals surface area (Å²) in [4.78, 5) is 31.3. The number of thiazole rings is 1. The number of methoxy groups -OCH3 is 2. The van der Waals surface area contributed by atoms with Crippen molar-refractivity contribution in [3.63, 3.8) is 0 Å². The Morgan fingerprint density at radius 3 is 2.27 bits per heavy atom. The molecule has 10 heteroatoms. The SMILES string of the molecule is COc1cc(OC)nc(N2C[C@H]3CN(C(=O)c4nc(C)sc4-c4ccccc4F)C[C@@H]3C2)n1. The third-order valence-corrected chi connectivity index (χ3v) is 7.20. The molecule has 0 bridgehead atoms. The summed E-state index contributed by atoms with van der Waals surface area (Å²) < 4.78 is 25.0. The highest BCUT2D eigenvalue weighted by Gasteiger charge is 2.43. The number of ether oxygens (including phenoxy) is 2. The first-order valence-corrected chi connectivity index (χ1v) is 11.5. The van der Waals surface area contributed by atoms with Crippen LogP contribution in [0.1, 0.15) is 15.5 Å². The van der Waals surface area contributed by atoms with Crippen LogP contribution in [-0.4, -0.2) is 66.2 Å². The molecular formula is C23H24FN5O3S. The summed E-state index contributed by atoms with van der Waals surface area (Å²) in [6.07, 6.45) is 0. The minimum absolute atomic E-state index is 0.141. The van der Waals surface area contributed by atoms with Gasteiger partial charge < -0.3 is 19.3 Å². The first-order chi connectivity index (χ1) is 16.0. The summed E-state index contributed by atoms with van der Waals surface area (Å²) in [6, 6.07) is 8.15. The number of nitrogens with zero attached hydrogens (tertiary/aromatic N) is 5.